The molecule has 4 fully saturated rings. The molecule has 14 heavy (non-hydrogen) atoms. The number of hydrogen-bond acceptors (Lipinski definition) is 3. The highest BCUT2D eigenvalue weighted by molar-refractivity contribution is 5.15. The number of piperidine rings is 3. The fourth-order valence-electron chi connectivity index (χ4n) is 3.52. The zero-order valence-corrected chi connectivity index (χ0v) is 8.58. The van der Waals surface area contributed by atoms with Crippen molar-refractivity contribution in [3.05, 3.63) is 0 Å². The van der Waals surface area contributed by atoms with E-state index in [1.807, 2.05) is 0 Å². The Bertz CT molecular complexity index is 244. The van der Waals surface area contributed by atoms with Crippen LogP contribution in [0.1, 0.15) is 25.7 Å². The van der Waals surface area contributed by atoms with Crippen molar-refractivity contribution in [1.82, 2.24) is 4.90 Å². The highest BCUT2D eigenvalue weighted by Gasteiger charge is 2.63. The summed E-state index contributed by atoms with van der Waals surface area (Å²) in [6, 6.07) is 0. The van der Waals surface area contributed by atoms with Crippen molar-refractivity contribution in [1.29, 1.82) is 0 Å². The summed E-state index contributed by atoms with van der Waals surface area (Å²) in [5, 5.41) is 20.2. The van der Waals surface area contributed by atoms with E-state index in [9.17, 15) is 10.2 Å². The molecule has 3 heterocycles. The van der Waals surface area contributed by atoms with Gasteiger partial charge in [0.15, 0.2) is 0 Å². The van der Waals surface area contributed by atoms with E-state index in [1.165, 1.54) is 0 Å². The molecule has 0 amide bonds. The average molecular weight is 197 g/mol. The van der Waals surface area contributed by atoms with Crippen LogP contribution in [0, 0.1) is 11.3 Å². The van der Waals surface area contributed by atoms with E-state index < -0.39 is 5.60 Å². The fraction of sp³-hybridized carbons (Fsp3) is 1.00. The summed E-state index contributed by atoms with van der Waals surface area (Å²) in [5.74, 6) is 0.446. The van der Waals surface area contributed by atoms with Crippen LogP contribution in [0.25, 0.3) is 0 Å². The lowest BCUT2D eigenvalue weighted by Crippen LogP contribution is -2.64. The van der Waals surface area contributed by atoms with Crippen LogP contribution >= 0.6 is 0 Å². The molecule has 1 aliphatic carbocycles. The van der Waals surface area contributed by atoms with Crippen LogP contribution in [0.15, 0.2) is 0 Å². The molecule has 4 rings (SSSR count). The normalized spacial score (nSPS) is 49.3. The third kappa shape index (κ3) is 0.980. The Morgan fingerprint density at radius 1 is 1.21 bits per heavy atom. The first-order chi connectivity index (χ1) is 6.70. The Kier molecular flexibility index (Phi) is 1.77. The van der Waals surface area contributed by atoms with Gasteiger partial charge in [0, 0.05) is 12.0 Å². The summed E-state index contributed by atoms with van der Waals surface area (Å²) in [5.41, 5.74) is -0.699. The van der Waals surface area contributed by atoms with Crippen LogP contribution < -0.4 is 0 Å². The number of aliphatic hydroxyl groups excluding tert-OH is 1. The van der Waals surface area contributed by atoms with E-state index in [4.69, 9.17) is 0 Å². The average Bonchev–Trinajstić information content (AvgIpc) is 3.00. The summed E-state index contributed by atoms with van der Waals surface area (Å²) < 4.78 is 0. The van der Waals surface area contributed by atoms with Crippen molar-refractivity contribution in [2.75, 3.05) is 26.2 Å². The van der Waals surface area contributed by atoms with E-state index in [0.29, 0.717) is 5.92 Å². The Morgan fingerprint density at radius 3 is 2.21 bits per heavy atom. The molecule has 80 valence electrons. The molecule has 1 saturated carbocycles. The molecule has 3 heteroatoms. The minimum absolute atomic E-state index is 0.128. The number of rotatable bonds is 2. The summed E-state index contributed by atoms with van der Waals surface area (Å²) in [7, 11) is 0. The Hall–Kier alpha value is -0.120. The van der Waals surface area contributed by atoms with Crippen molar-refractivity contribution in [2.24, 2.45) is 11.3 Å². The molecule has 1 unspecified atom stereocenters. The van der Waals surface area contributed by atoms with Gasteiger partial charge in [-0.05, 0) is 44.7 Å². The van der Waals surface area contributed by atoms with Crippen LogP contribution in [0.5, 0.6) is 0 Å². The van der Waals surface area contributed by atoms with Gasteiger partial charge in [-0.2, -0.15) is 0 Å². The van der Waals surface area contributed by atoms with Gasteiger partial charge >= 0.3 is 0 Å². The molecular formula is C11H19NO2. The van der Waals surface area contributed by atoms with Crippen LogP contribution in [-0.4, -0.2) is 47.0 Å². The third-order valence-electron chi connectivity index (χ3n) is 4.80. The maximum Gasteiger partial charge on any atom is 0.0880 e. The van der Waals surface area contributed by atoms with Crippen molar-refractivity contribution in [3.63, 3.8) is 0 Å². The minimum Gasteiger partial charge on any atom is -0.396 e. The van der Waals surface area contributed by atoms with Crippen LogP contribution in [0.4, 0.5) is 0 Å². The van der Waals surface area contributed by atoms with Crippen LogP contribution in [-0.2, 0) is 0 Å². The Balaban J connectivity index is 1.89. The number of fused-ring (bicyclic) bond motifs is 3. The van der Waals surface area contributed by atoms with Crippen molar-refractivity contribution < 1.29 is 10.2 Å². The molecular weight excluding hydrogens is 178 g/mol. The van der Waals surface area contributed by atoms with Gasteiger partial charge in [-0.15, -0.1) is 0 Å². The van der Waals surface area contributed by atoms with Crippen LogP contribution in [0.3, 0.4) is 0 Å². The van der Waals surface area contributed by atoms with Gasteiger partial charge in [-0.25, -0.2) is 0 Å². The minimum atomic E-state index is -0.571. The highest BCUT2D eigenvalue weighted by Crippen LogP contribution is 2.59. The van der Waals surface area contributed by atoms with Gasteiger partial charge in [0.1, 0.15) is 0 Å². The summed E-state index contributed by atoms with van der Waals surface area (Å²) in [6.07, 6.45) is 4.28. The lowest BCUT2D eigenvalue weighted by Gasteiger charge is -2.54. The van der Waals surface area contributed by atoms with E-state index in [0.717, 1.165) is 45.3 Å². The first-order valence-electron chi connectivity index (χ1n) is 5.76. The number of nitrogens with zero attached hydrogens (tertiary/aromatic N) is 1. The summed E-state index contributed by atoms with van der Waals surface area (Å²) in [6.45, 7) is 3.27. The van der Waals surface area contributed by atoms with E-state index in [1.54, 1.807) is 0 Å². The smallest absolute Gasteiger partial charge is 0.0880 e. The predicted octanol–water partition coefficient (Wildman–Crippen LogP) is 0.216. The molecule has 0 radical (unpaired) electrons. The van der Waals surface area contributed by atoms with Gasteiger partial charge < -0.3 is 15.1 Å². The zero-order valence-electron chi connectivity index (χ0n) is 8.58. The molecule has 2 N–H and O–H groups in total. The highest BCUT2D eigenvalue weighted by atomic mass is 16.3. The summed E-state index contributed by atoms with van der Waals surface area (Å²) >= 11 is 0. The molecule has 3 aliphatic heterocycles. The topological polar surface area (TPSA) is 43.7 Å². The Morgan fingerprint density at radius 2 is 1.86 bits per heavy atom. The van der Waals surface area contributed by atoms with E-state index >= 15 is 0 Å². The van der Waals surface area contributed by atoms with Gasteiger partial charge in [-0.1, -0.05) is 0 Å². The second-order valence-electron chi connectivity index (χ2n) is 5.41. The van der Waals surface area contributed by atoms with Gasteiger partial charge in [0.25, 0.3) is 0 Å². The molecule has 3 saturated heterocycles. The first kappa shape index (κ1) is 9.13. The largest absolute Gasteiger partial charge is 0.396 e. The SMILES string of the molecule is OCC1(C2(O)CN3CCC2CC3)CC1. The number of aliphatic hydroxyl groups is 2. The second-order valence-corrected chi connectivity index (χ2v) is 5.41. The first-order valence-corrected chi connectivity index (χ1v) is 5.76. The molecule has 2 bridgehead atoms. The molecule has 0 aromatic rings. The second kappa shape index (κ2) is 2.71. The van der Waals surface area contributed by atoms with Crippen molar-refractivity contribution in [2.45, 2.75) is 31.3 Å². The van der Waals surface area contributed by atoms with Gasteiger partial charge in [0.05, 0.1) is 12.2 Å². The molecule has 1 atom stereocenters. The molecule has 0 spiro atoms. The zero-order chi connectivity index (χ0) is 9.81. The summed E-state index contributed by atoms with van der Waals surface area (Å²) in [4.78, 5) is 2.36. The van der Waals surface area contributed by atoms with E-state index in [-0.39, 0.29) is 12.0 Å². The van der Waals surface area contributed by atoms with Gasteiger partial charge in [0.2, 0.25) is 0 Å². The lowest BCUT2D eigenvalue weighted by atomic mass is 9.67. The van der Waals surface area contributed by atoms with Crippen LogP contribution in [0.2, 0.25) is 0 Å². The maximum absolute atomic E-state index is 10.8. The molecule has 3 nitrogen and oxygen atoms in total. The fourth-order valence-corrected chi connectivity index (χ4v) is 3.52. The Labute approximate surface area is 84.7 Å². The standard InChI is InChI=1S/C11H19NO2/c13-8-10(3-4-10)11(14)7-12-5-1-9(11)2-6-12/h9,13-14H,1-8H2. The van der Waals surface area contributed by atoms with Crippen molar-refractivity contribution >= 4 is 0 Å². The molecule has 4 aliphatic rings. The number of hydrogen-bond donors (Lipinski definition) is 2. The third-order valence-corrected chi connectivity index (χ3v) is 4.80. The monoisotopic (exact) mass is 197 g/mol. The van der Waals surface area contributed by atoms with Crippen molar-refractivity contribution in [3.8, 4) is 0 Å². The predicted molar refractivity (Wildman–Crippen MR) is 52.9 cm³/mol. The lowest BCUT2D eigenvalue weighted by molar-refractivity contribution is -0.165. The quantitative estimate of drug-likeness (QED) is 0.665. The van der Waals surface area contributed by atoms with E-state index in [2.05, 4.69) is 4.90 Å². The molecule has 0 aromatic heterocycles. The molecule has 0 aromatic carbocycles. The maximum atomic E-state index is 10.8. The van der Waals surface area contributed by atoms with Gasteiger partial charge in [-0.3, -0.25) is 0 Å².